The number of fused-ring (bicyclic) bond motifs is 3. The third-order valence-electron chi connectivity index (χ3n) is 6.44. The topological polar surface area (TPSA) is 58.6 Å². The zero-order chi connectivity index (χ0) is 18.5. The number of carbonyl (C=O) groups is 2. The van der Waals surface area contributed by atoms with Crippen molar-refractivity contribution in [1.82, 2.24) is 10.2 Å². The summed E-state index contributed by atoms with van der Waals surface area (Å²) in [6.07, 6.45) is 4.18. The van der Waals surface area contributed by atoms with Crippen LogP contribution in [0.4, 0.5) is 9.18 Å². The van der Waals surface area contributed by atoms with E-state index < -0.39 is 18.2 Å². The first-order valence-corrected chi connectivity index (χ1v) is 9.78. The quantitative estimate of drug-likeness (QED) is 0.757. The van der Waals surface area contributed by atoms with Gasteiger partial charge in [-0.1, -0.05) is 22.0 Å². The Morgan fingerprint density at radius 1 is 1.35 bits per heavy atom. The van der Waals surface area contributed by atoms with Gasteiger partial charge in [0.25, 0.3) is 5.91 Å². The van der Waals surface area contributed by atoms with Crippen molar-refractivity contribution in [2.24, 2.45) is 5.41 Å². The highest BCUT2D eigenvalue weighted by Crippen LogP contribution is 2.60. The number of rotatable bonds is 3. The number of benzene rings is 1. The van der Waals surface area contributed by atoms with E-state index >= 15 is 0 Å². The summed E-state index contributed by atoms with van der Waals surface area (Å²) in [5, 5.41) is 3.00. The molecule has 1 atom stereocenters. The molecule has 1 aliphatic heterocycles. The fourth-order valence-corrected chi connectivity index (χ4v) is 5.53. The van der Waals surface area contributed by atoms with Gasteiger partial charge in [-0.05, 0) is 55.4 Å². The maximum atomic E-state index is 13.5. The summed E-state index contributed by atoms with van der Waals surface area (Å²) in [4.78, 5) is 27.1. The summed E-state index contributed by atoms with van der Waals surface area (Å²) in [6, 6.07) is 5.43. The molecule has 0 radical (unpaired) electrons. The Morgan fingerprint density at radius 2 is 2.08 bits per heavy atom. The number of imide groups is 1. The van der Waals surface area contributed by atoms with Crippen LogP contribution in [0.25, 0.3) is 0 Å². The zero-order valence-electron chi connectivity index (χ0n) is 14.7. The number of carbonyl (C=O) groups excluding carboxylic acids is 2. The average Bonchev–Trinajstić information content (AvgIpc) is 3.04. The van der Waals surface area contributed by atoms with Gasteiger partial charge in [0.2, 0.25) is 0 Å². The van der Waals surface area contributed by atoms with E-state index in [2.05, 4.69) is 21.2 Å². The molecule has 1 saturated heterocycles. The molecule has 3 amide bonds. The predicted octanol–water partition coefficient (Wildman–Crippen LogP) is 3.30. The number of alkyl halides is 1. The van der Waals surface area contributed by atoms with E-state index in [1.165, 1.54) is 0 Å². The Hall–Kier alpha value is -1.47. The molecule has 0 aromatic heterocycles. The molecule has 26 heavy (non-hydrogen) atoms. The molecular weight excluding hydrogens is 403 g/mol. The van der Waals surface area contributed by atoms with Gasteiger partial charge in [-0.2, -0.15) is 0 Å². The maximum Gasteiger partial charge on any atom is 0.325 e. The van der Waals surface area contributed by atoms with Crippen LogP contribution in [0.5, 0.6) is 0 Å². The summed E-state index contributed by atoms with van der Waals surface area (Å²) < 4.78 is 19.3. The molecule has 0 bridgehead atoms. The van der Waals surface area contributed by atoms with Crippen molar-refractivity contribution < 1.29 is 18.7 Å². The number of hydrogen-bond acceptors (Lipinski definition) is 3. The van der Waals surface area contributed by atoms with E-state index in [4.69, 9.17) is 4.74 Å². The van der Waals surface area contributed by atoms with Crippen LogP contribution in [-0.2, 0) is 21.5 Å². The minimum Gasteiger partial charge on any atom is -0.381 e. The lowest BCUT2D eigenvalue weighted by molar-refractivity contribution is -0.138. The van der Waals surface area contributed by atoms with Gasteiger partial charge in [-0.25, -0.2) is 9.18 Å². The van der Waals surface area contributed by atoms with Gasteiger partial charge in [0.15, 0.2) is 5.54 Å². The zero-order valence-corrected chi connectivity index (χ0v) is 16.3. The average molecular weight is 425 g/mol. The molecule has 1 N–H and O–H groups in total. The molecule has 2 spiro atoms. The van der Waals surface area contributed by atoms with Crippen molar-refractivity contribution in [3.05, 3.63) is 33.8 Å². The lowest BCUT2D eigenvalue weighted by atomic mass is 9.61. The third kappa shape index (κ3) is 2.29. The maximum absolute atomic E-state index is 13.5. The number of nitrogens with zero attached hydrogens (tertiary/aromatic N) is 1. The number of halogens is 2. The Kier molecular flexibility index (Phi) is 4.34. The summed E-state index contributed by atoms with van der Waals surface area (Å²) in [5.41, 5.74) is 0.447. The molecule has 1 heterocycles. The summed E-state index contributed by atoms with van der Waals surface area (Å²) >= 11 is 3.49. The van der Waals surface area contributed by atoms with E-state index in [1.54, 1.807) is 7.11 Å². The van der Waals surface area contributed by atoms with Gasteiger partial charge in [0.05, 0.1) is 12.6 Å². The van der Waals surface area contributed by atoms with Crippen molar-refractivity contribution in [3.8, 4) is 0 Å². The van der Waals surface area contributed by atoms with Crippen molar-refractivity contribution in [2.75, 3.05) is 20.3 Å². The first-order chi connectivity index (χ1) is 12.5. The van der Waals surface area contributed by atoms with Gasteiger partial charge in [0, 0.05) is 17.0 Å². The van der Waals surface area contributed by atoms with E-state index in [0.29, 0.717) is 0 Å². The molecule has 140 valence electrons. The van der Waals surface area contributed by atoms with Crippen LogP contribution in [0.2, 0.25) is 0 Å². The second-order valence-electron chi connectivity index (χ2n) is 7.52. The van der Waals surface area contributed by atoms with Gasteiger partial charge in [-0.3, -0.25) is 9.69 Å². The highest BCUT2D eigenvalue weighted by molar-refractivity contribution is 9.10. The molecule has 1 aromatic carbocycles. The fourth-order valence-electron chi connectivity index (χ4n) is 5.17. The minimum atomic E-state index is -1.10. The number of amides is 3. The highest BCUT2D eigenvalue weighted by Gasteiger charge is 2.67. The van der Waals surface area contributed by atoms with Gasteiger partial charge >= 0.3 is 6.03 Å². The second kappa shape index (κ2) is 6.30. The molecule has 1 unspecified atom stereocenters. The smallest absolute Gasteiger partial charge is 0.325 e. The first kappa shape index (κ1) is 17.9. The van der Waals surface area contributed by atoms with Crippen LogP contribution in [-0.4, -0.2) is 43.3 Å². The summed E-state index contributed by atoms with van der Waals surface area (Å²) in [7, 11) is 1.71. The number of hydrogen-bond donors (Lipinski definition) is 1. The largest absolute Gasteiger partial charge is 0.381 e. The van der Waals surface area contributed by atoms with Gasteiger partial charge < -0.3 is 10.1 Å². The predicted molar refractivity (Wildman–Crippen MR) is 97.4 cm³/mol. The Labute approximate surface area is 160 Å². The SMILES string of the molecule is COC1CCC2(CC1)Cc1ccc(Br)cc1C21NC(=O)N(CCF)C1=O. The van der Waals surface area contributed by atoms with Crippen LogP contribution >= 0.6 is 15.9 Å². The molecule has 5 nitrogen and oxygen atoms in total. The minimum absolute atomic E-state index is 0.183. The molecule has 2 aliphatic carbocycles. The Morgan fingerprint density at radius 3 is 2.73 bits per heavy atom. The molecule has 4 rings (SSSR count). The van der Waals surface area contributed by atoms with Crippen LogP contribution in [0, 0.1) is 5.41 Å². The molecule has 2 fully saturated rings. The van der Waals surface area contributed by atoms with E-state index in [-0.39, 0.29) is 24.0 Å². The van der Waals surface area contributed by atoms with Crippen molar-refractivity contribution in [2.45, 2.75) is 43.7 Å². The van der Waals surface area contributed by atoms with E-state index in [9.17, 15) is 14.0 Å². The molecule has 1 saturated carbocycles. The molecule has 3 aliphatic rings. The number of methoxy groups -OCH3 is 1. The standard InChI is InChI=1S/C19H22BrFN2O3/c1-26-14-4-6-18(7-5-14)11-12-2-3-13(20)10-15(12)19(18)16(24)23(9-8-21)17(25)22-19/h2-3,10,14H,4-9,11H2,1H3,(H,22,25). The van der Waals surface area contributed by atoms with E-state index in [0.717, 1.165) is 52.6 Å². The number of nitrogens with one attached hydrogen (secondary N) is 1. The second-order valence-corrected chi connectivity index (χ2v) is 8.44. The van der Waals surface area contributed by atoms with Crippen molar-refractivity contribution >= 4 is 27.9 Å². The first-order valence-electron chi connectivity index (χ1n) is 8.99. The van der Waals surface area contributed by atoms with Gasteiger partial charge in [0.1, 0.15) is 6.67 Å². The van der Waals surface area contributed by atoms with E-state index in [1.807, 2.05) is 18.2 Å². The molecule has 7 heteroatoms. The summed E-state index contributed by atoms with van der Waals surface area (Å²) in [5.74, 6) is -0.312. The Bertz CT molecular complexity index is 763. The molecule has 1 aromatic rings. The fraction of sp³-hybridized carbons (Fsp3) is 0.579. The van der Waals surface area contributed by atoms with Crippen LogP contribution in [0.15, 0.2) is 22.7 Å². The number of ether oxygens (including phenoxy) is 1. The lowest BCUT2D eigenvalue weighted by Crippen LogP contribution is -2.56. The van der Waals surface area contributed by atoms with Gasteiger partial charge in [-0.15, -0.1) is 0 Å². The number of urea groups is 1. The van der Waals surface area contributed by atoms with Crippen LogP contribution < -0.4 is 5.32 Å². The highest BCUT2D eigenvalue weighted by atomic mass is 79.9. The monoisotopic (exact) mass is 424 g/mol. The summed E-state index contributed by atoms with van der Waals surface area (Å²) in [6.45, 7) is -0.939. The normalized spacial score (nSPS) is 33.2. The van der Waals surface area contributed by atoms with Crippen LogP contribution in [0.3, 0.4) is 0 Å². The third-order valence-corrected chi connectivity index (χ3v) is 6.93. The van der Waals surface area contributed by atoms with Crippen molar-refractivity contribution in [3.63, 3.8) is 0 Å². The van der Waals surface area contributed by atoms with Crippen LogP contribution in [0.1, 0.15) is 36.8 Å². The Balaban J connectivity index is 1.84. The molecular formula is C19H22BrFN2O3. The van der Waals surface area contributed by atoms with Crippen molar-refractivity contribution in [1.29, 1.82) is 0 Å². The lowest BCUT2D eigenvalue weighted by Gasteiger charge is -2.46.